The lowest BCUT2D eigenvalue weighted by Crippen LogP contribution is -2.32. The molecule has 88 valence electrons. The highest BCUT2D eigenvalue weighted by Gasteiger charge is 2.24. The van der Waals surface area contributed by atoms with Gasteiger partial charge in [-0.15, -0.1) is 0 Å². The number of carbonyl (C=O) groups excluding carboxylic acids is 1. The first-order chi connectivity index (χ1) is 7.25. The maximum absolute atomic E-state index is 11.9. The zero-order valence-corrected chi connectivity index (χ0v) is 9.87. The molecule has 1 saturated carbocycles. The smallest absolute Gasteiger partial charge is 0.225 e. The van der Waals surface area contributed by atoms with Crippen molar-refractivity contribution in [3.63, 3.8) is 0 Å². The van der Waals surface area contributed by atoms with Gasteiger partial charge in [-0.1, -0.05) is 19.3 Å². The molecule has 2 N–H and O–H groups in total. The quantitative estimate of drug-likeness (QED) is 0.682. The van der Waals surface area contributed by atoms with E-state index < -0.39 is 0 Å². The van der Waals surface area contributed by atoms with Gasteiger partial charge in [0.1, 0.15) is 0 Å². The van der Waals surface area contributed by atoms with E-state index in [1.165, 1.54) is 12.8 Å². The van der Waals surface area contributed by atoms with E-state index in [1.54, 1.807) is 0 Å². The zero-order valence-electron chi connectivity index (χ0n) is 9.87. The van der Waals surface area contributed by atoms with Crippen LogP contribution in [0.25, 0.3) is 0 Å². The Morgan fingerprint density at radius 3 is 2.53 bits per heavy atom. The van der Waals surface area contributed by atoms with Gasteiger partial charge in [-0.3, -0.25) is 4.79 Å². The van der Waals surface area contributed by atoms with E-state index in [9.17, 15) is 4.79 Å². The van der Waals surface area contributed by atoms with Crippen molar-refractivity contribution in [1.29, 1.82) is 0 Å². The van der Waals surface area contributed by atoms with Crippen molar-refractivity contribution in [3.8, 4) is 0 Å². The summed E-state index contributed by atoms with van der Waals surface area (Å²) in [6.45, 7) is 1.66. The summed E-state index contributed by atoms with van der Waals surface area (Å²) in [4.78, 5) is 13.8. The summed E-state index contributed by atoms with van der Waals surface area (Å²) in [5.41, 5.74) is 5.42. The van der Waals surface area contributed by atoms with Crippen LogP contribution >= 0.6 is 0 Å². The minimum Gasteiger partial charge on any atom is -0.346 e. The van der Waals surface area contributed by atoms with Crippen molar-refractivity contribution >= 4 is 5.91 Å². The number of amides is 1. The Morgan fingerprint density at radius 1 is 1.27 bits per heavy atom. The lowest BCUT2D eigenvalue weighted by Gasteiger charge is -2.20. The predicted octanol–water partition coefficient (Wildman–Crippen LogP) is 1.76. The molecule has 0 saturated heterocycles. The molecule has 0 spiro atoms. The third-order valence-electron chi connectivity index (χ3n) is 3.28. The Morgan fingerprint density at radius 2 is 1.93 bits per heavy atom. The van der Waals surface area contributed by atoms with Crippen LogP contribution in [0.1, 0.15) is 44.9 Å². The van der Waals surface area contributed by atoms with Crippen LogP contribution in [0.2, 0.25) is 0 Å². The van der Waals surface area contributed by atoms with Crippen LogP contribution in [-0.4, -0.2) is 30.9 Å². The molecule has 0 heterocycles. The van der Waals surface area contributed by atoms with Crippen LogP contribution in [0.5, 0.6) is 0 Å². The molecule has 0 aromatic rings. The average molecular weight is 212 g/mol. The van der Waals surface area contributed by atoms with Crippen LogP contribution in [-0.2, 0) is 4.79 Å². The van der Waals surface area contributed by atoms with E-state index >= 15 is 0 Å². The number of nitrogens with zero attached hydrogens (tertiary/aromatic N) is 1. The van der Waals surface area contributed by atoms with Crippen LogP contribution < -0.4 is 5.73 Å². The topological polar surface area (TPSA) is 46.3 Å². The second kappa shape index (κ2) is 6.83. The lowest BCUT2D eigenvalue weighted by atomic mass is 10.1. The molecule has 1 fully saturated rings. The molecule has 1 amide bonds. The molecule has 0 atom stereocenters. The molecular weight excluding hydrogens is 188 g/mol. The van der Waals surface area contributed by atoms with E-state index in [0.29, 0.717) is 11.8 Å². The van der Waals surface area contributed by atoms with Gasteiger partial charge < -0.3 is 10.6 Å². The second-order valence-electron chi connectivity index (χ2n) is 4.59. The molecule has 1 aliphatic rings. The molecule has 0 unspecified atom stereocenters. The summed E-state index contributed by atoms with van der Waals surface area (Å²) in [5.74, 6) is 0.685. The maximum Gasteiger partial charge on any atom is 0.225 e. The fraction of sp³-hybridized carbons (Fsp3) is 0.917. The maximum atomic E-state index is 11.9. The number of hydrogen-bond acceptors (Lipinski definition) is 2. The molecule has 0 radical (unpaired) electrons. The second-order valence-corrected chi connectivity index (χ2v) is 4.59. The number of carbonyl (C=O) groups is 1. The van der Waals surface area contributed by atoms with Crippen molar-refractivity contribution in [2.24, 2.45) is 11.7 Å². The first kappa shape index (κ1) is 12.5. The summed E-state index contributed by atoms with van der Waals surface area (Å²) >= 11 is 0. The van der Waals surface area contributed by atoms with Crippen molar-refractivity contribution in [3.05, 3.63) is 0 Å². The number of hydrogen-bond donors (Lipinski definition) is 1. The summed E-state index contributed by atoms with van der Waals surface area (Å²) < 4.78 is 0. The summed E-state index contributed by atoms with van der Waals surface area (Å²) in [5, 5.41) is 0. The van der Waals surface area contributed by atoms with Crippen LogP contribution in [0.4, 0.5) is 0 Å². The molecule has 0 bridgehead atoms. The highest BCUT2D eigenvalue weighted by atomic mass is 16.2. The third kappa shape index (κ3) is 4.20. The summed E-state index contributed by atoms with van der Waals surface area (Å²) in [7, 11) is 1.93. The molecule has 1 rings (SSSR count). The summed E-state index contributed by atoms with van der Waals surface area (Å²) in [6, 6.07) is 0. The van der Waals surface area contributed by atoms with Gasteiger partial charge >= 0.3 is 0 Å². The Hall–Kier alpha value is -0.570. The van der Waals surface area contributed by atoms with Crippen LogP contribution in [0.15, 0.2) is 0 Å². The summed E-state index contributed by atoms with van der Waals surface area (Å²) in [6.07, 6.45) is 7.98. The Balaban J connectivity index is 2.14. The first-order valence-corrected chi connectivity index (χ1v) is 6.20. The monoisotopic (exact) mass is 212 g/mol. The van der Waals surface area contributed by atoms with Crippen molar-refractivity contribution in [2.75, 3.05) is 20.1 Å². The van der Waals surface area contributed by atoms with Crippen molar-refractivity contribution in [1.82, 2.24) is 4.90 Å². The third-order valence-corrected chi connectivity index (χ3v) is 3.28. The molecule has 15 heavy (non-hydrogen) atoms. The van der Waals surface area contributed by atoms with Gasteiger partial charge in [0.15, 0.2) is 0 Å². The molecule has 0 aromatic heterocycles. The highest BCUT2D eigenvalue weighted by Crippen LogP contribution is 2.26. The fourth-order valence-corrected chi connectivity index (χ4v) is 2.26. The van der Waals surface area contributed by atoms with E-state index in [1.807, 2.05) is 11.9 Å². The zero-order chi connectivity index (χ0) is 11.1. The Bertz CT molecular complexity index is 188. The molecule has 1 aliphatic carbocycles. The van der Waals surface area contributed by atoms with E-state index in [0.717, 1.165) is 45.2 Å². The minimum absolute atomic E-state index is 0.324. The number of unbranched alkanes of at least 4 members (excludes halogenated alkanes) is 2. The molecule has 0 aliphatic heterocycles. The molecule has 3 heteroatoms. The number of rotatable bonds is 6. The van der Waals surface area contributed by atoms with Gasteiger partial charge in [0.25, 0.3) is 0 Å². The van der Waals surface area contributed by atoms with Crippen LogP contribution in [0.3, 0.4) is 0 Å². The minimum atomic E-state index is 0.324. The molecular formula is C12H24N2O. The van der Waals surface area contributed by atoms with E-state index in [4.69, 9.17) is 5.73 Å². The molecule has 3 nitrogen and oxygen atoms in total. The number of nitrogens with two attached hydrogens (primary N) is 1. The lowest BCUT2D eigenvalue weighted by molar-refractivity contribution is -0.134. The fourth-order valence-electron chi connectivity index (χ4n) is 2.26. The van der Waals surface area contributed by atoms with Crippen molar-refractivity contribution < 1.29 is 4.79 Å². The normalized spacial score (nSPS) is 16.9. The van der Waals surface area contributed by atoms with Gasteiger partial charge in [-0.2, -0.15) is 0 Å². The highest BCUT2D eigenvalue weighted by molar-refractivity contribution is 5.78. The van der Waals surface area contributed by atoms with Gasteiger partial charge in [0, 0.05) is 19.5 Å². The van der Waals surface area contributed by atoms with E-state index in [-0.39, 0.29) is 0 Å². The van der Waals surface area contributed by atoms with Gasteiger partial charge in [-0.05, 0) is 32.2 Å². The van der Waals surface area contributed by atoms with Crippen LogP contribution in [0, 0.1) is 5.92 Å². The van der Waals surface area contributed by atoms with Gasteiger partial charge in [0.2, 0.25) is 5.91 Å². The average Bonchev–Trinajstić information content (AvgIpc) is 2.76. The Kier molecular flexibility index (Phi) is 5.69. The standard InChI is InChI=1S/C12H24N2O/c1-14(10-6-2-5-9-13)12(15)11-7-3-4-8-11/h11H,2-10,13H2,1H3. The SMILES string of the molecule is CN(CCCCCN)C(=O)C1CCCC1. The molecule has 0 aromatic carbocycles. The largest absolute Gasteiger partial charge is 0.346 e. The van der Waals surface area contributed by atoms with Crippen molar-refractivity contribution in [2.45, 2.75) is 44.9 Å². The van der Waals surface area contributed by atoms with E-state index in [2.05, 4.69) is 0 Å². The van der Waals surface area contributed by atoms with Gasteiger partial charge in [0.05, 0.1) is 0 Å². The predicted molar refractivity (Wildman–Crippen MR) is 62.5 cm³/mol. The Labute approximate surface area is 93.0 Å². The van der Waals surface area contributed by atoms with Gasteiger partial charge in [-0.25, -0.2) is 0 Å². The first-order valence-electron chi connectivity index (χ1n) is 6.20.